The summed E-state index contributed by atoms with van der Waals surface area (Å²) in [5.74, 6) is 0.869. The van der Waals surface area contributed by atoms with Crippen LogP contribution in [0.4, 0.5) is 0 Å². The predicted octanol–water partition coefficient (Wildman–Crippen LogP) is 2.64. The van der Waals surface area contributed by atoms with E-state index >= 15 is 0 Å². The minimum atomic E-state index is 0.869. The summed E-state index contributed by atoms with van der Waals surface area (Å²) < 4.78 is 0. The van der Waals surface area contributed by atoms with Crippen LogP contribution in [-0.2, 0) is 0 Å². The lowest BCUT2D eigenvalue weighted by Crippen LogP contribution is -2.03. The first kappa shape index (κ1) is 6.66. The minimum Gasteiger partial charge on any atom is -0.516 e. The Balaban J connectivity index is 2.35. The van der Waals surface area contributed by atoms with Crippen molar-refractivity contribution in [3.05, 3.63) is 11.8 Å². The van der Waals surface area contributed by atoms with Crippen LogP contribution in [0.3, 0.4) is 0 Å². The van der Waals surface area contributed by atoms with Gasteiger partial charge in [0.05, 0.1) is 6.26 Å². The van der Waals surface area contributed by atoms with Crippen molar-refractivity contribution in [2.24, 2.45) is 5.92 Å². The molecule has 0 saturated heterocycles. The highest BCUT2D eigenvalue weighted by Gasteiger charge is 2.11. The Bertz CT molecular complexity index is 106. The molecule has 1 nitrogen and oxygen atoms in total. The maximum Gasteiger partial charge on any atom is 0.0783 e. The summed E-state index contributed by atoms with van der Waals surface area (Å²) in [6.07, 6.45) is 6.01. The maximum absolute atomic E-state index is 8.62. The fourth-order valence-electron chi connectivity index (χ4n) is 1.26. The second kappa shape index (κ2) is 2.90. The van der Waals surface area contributed by atoms with Crippen LogP contribution in [0.15, 0.2) is 11.8 Å². The van der Waals surface area contributed by atoms with Gasteiger partial charge in [-0.25, -0.2) is 0 Å². The van der Waals surface area contributed by atoms with Gasteiger partial charge >= 0.3 is 0 Å². The molecule has 0 aromatic heterocycles. The molecular weight excluding hydrogens is 112 g/mol. The molecule has 1 N–H and O–H groups in total. The van der Waals surface area contributed by atoms with Crippen LogP contribution in [0.5, 0.6) is 0 Å². The van der Waals surface area contributed by atoms with E-state index in [-0.39, 0.29) is 0 Å². The third-order valence-electron chi connectivity index (χ3n) is 2.10. The molecule has 1 aliphatic rings. The van der Waals surface area contributed by atoms with E-state index in [1.165, 1.54) is 24.7 Å². The van der Waals surface area contributed by atoms with Crippen molar-refractivity contribution in [2.45, 2.75) is 32.6 Å². The Morgan fingerprint density at radius 1 is 1.44 bits per heavy atom. The SMILES string of the molecule is CC1CCC(=CO)CC1. The first-order valence-electron chi connectivity index (χ1n) is 3.65. The fraction of sp³-hybridized carbons (Fsp3) is 0.750. The average Bonchev–Trinajstić information content (AvgIpc) is 1.90. The molecule has 0 aliphatic heterocycles. The summed E-state index contributed by atoms with van der Waals surface area (Å²) in [4.78, 5) is 0. The molecule has 9 heavy (non-hydrogen) atoms. The molecule has 0 aromatic carbocycles. The summed E-state index contributed by atoms with van der Waals surface area (Å²) in [5, 5.41) is 8.62. The zero-order valence-corrected chi connectivity index (χ0v) is 5.93. The van der Waals surface area contributed by atoms with Gasteiger partial charge in [0.1, 0.15) is 0 Å². The van der Waals surface area contributed by atoms with Crippen molar-refractivity contribution in [3.63, 3.8) is 0 Å². The molecule has 0 spiro atoms. The van der Waals surface area contributed by atoms with Crippen molar-refractivity contribution in [1.82, 2.24) is 0 Å². The highest BCUT2D eigenvalue weighted by molar-refractivity contribution is 5.00. The van der Waals surface area contributed by atoms with Crippen LogP contribution in [0.2, 0.25) is 0 Å². The standard InChI is InChI=1S/C8H14O/c1-7-2-4-8(6-9)5-3-7/h6-7,9H,2-5H2,1H3. The topological polar surface area (TPSA) is 20.2 Å². The monoisotopic (exact) mass is 126 g/mol. The molecule has 1 rings (SSSR count). The van der Waals surface area contributed by atoms with E-state index < -0.39 is 0 Å². The lowest BCUT2D eigenvalue weighted by molar-refractivity contribution is 0.411. The Labute approximate surface area is 56.4 Å². The third kappa shape index (κ3) is 1.74. The van der Waals surface area contributed by atoms with Gasteiger partial charge in [-0.2, -0.15) is 0 Å². The normalized spacial score (nSPS) is 28.1. The second-order valence-electron chi connectivity index (χ2n) is 2.97. The van der Waals surface area contributed by atoms with Crippen LogP contribution in [-0.4, -0.2) is 5.11 Å². The first-order valence-corrected chi connectivity index (χ1v) is 3.65. The van der Waals surface area contributed by atoms with Gasteiger partial charge in [-0.1, -0.05) is 6.92 Å². The van der Waals surface area contributed by atoms with Gasteiger partial charge in [-0.15, -0.1) is 0 Å². The molecule has 1 saturated carbocycles. The van der Waals surface area contributed by atoms with E-state index in [1.807, 2.05) is 0 Å². The quantitative estimate of drug-likeness (QED) is 0.495. The Morgan fingerprint density at radius 2 is 2.00 bits per heavy atom. The third-order valence-corrected chi connectivity index (χ3v) is 2.10. The Morgan fingerprint density at radius 3 is 2.44 bits per heavy atom. The smallest absolute Gasteiger partial charge is 0.0783 e. The van der Waals surface area contributed by atoms with E-state index in [2.05, 4.69) is 6.92 Å². The molecule has 52 valence electrons. The largest absolute Gasteiger partial charge is 0.516 e. The van der Waals surface area contributed by atoms with Crippen LogP contribution in [0.25, 0.3) is 0 Å². The zero-order valence-electron chi connectivity index (χ0n) is 5.93. The van der Waals surface area contributed by atoms with Gasteiger partial charge in [0.2, 0.25) is 0 Å². The molecule has 0 amide bonds. The molecule has 1 heteroatoms. The van der Waals surface area contributed by atoms with E-state index in [0.29, 0.717) is 0 Å². The highest BCUT2D eigenvalue weighted by atomic mass is 16.2. The lowest BCUT2D eigenvalue weighted by Gasteiger charge is -2.18. The van der Waals surface area contributed by atoms with Gasteiger partial charge in [0.15, 0.2) is 0 Å². The van der Waals surface area contributed by atoms with Crippen molar-refractivity contribution in [2.75, 3.05) is 0 Å². The van der Waals surface area contributed by atoms with E-state index in [1.54, 1.807) is 0 Å². The van der Waals surface area contributed by atoms with Gasteiger partial charge in [0.25, 0.3) is 0 Å². The number of hydrogen-bond acceptors (Lipinski definition) is 1. The summed E-state index contributed by atoms with van der Waals surface area (Å²) in [7, 11) is 0. The van der Waals surface area contributed by atoms with Crippen molar-refractivity contribution in [3.8, 4) is 0 Å². The van der Waals surface area contributed by atoms with Gasteiger partial charge < -0.3 is 5.11 Å². The molecule has 1 aliphatic carbocycles. The summed E-state index contributed by atoms with van der Waals surface area (Å²) in [6.45, 7) is 2.27. The molecular formula is C8H14O. The van der Waals surface area contributed by atoms with Crippen LogP contribution in [0.1, 0.15) is 32.6 Å². The highest BCUT2D eigenvalue weighted by Crippen LogP contribution is 2.26. The number of allylic oxidation sites excluding steroid dienone is 1. The Hall–Kier alpha value is -0.460. The lowest BCUT2D eigenvalue weighted by atomic mass is 9.88. The summed E-state index contributed by atoms with van der Waals surface area (Å²) in [6, 6.07) is 0. The van der Waals surface area contributed by atoms with E-state index in [0.717, 1.165) is 18.8 Å². The molecule has 1 fully saturated rings. The maximum atomic E-state index is 8.62. The fourth-order valence-corrected chi connectivity index (χ4v) is 1.26. The molecule has 0 radical (unpaired) electrons. The summed E-state index contributed by atoms with van der Waals surface area (Å²) in [5.41, 5.74) is 1.23. The van der Waals surface area contributed by atoms with E-state index in [4.69, 9.17) is 5.11 Å². The molecule has 0 heterocycles. The van der Waals surface area contributed by atoms with Gasteiger partial charge in [-0.3, -0.25) is 0 Å². The second-order valence-corrected chi connectivity index (χ2v) is 2.97. The number of aliphatic hydroxyl groups excluding tert-OH is 1. The van der Waals surface area contributed by atoms with Crippen molar-refractivity contribution >= 4 is 0 Å². The number of rotatable bonds is 0. The van der Waals surface area contributed by atoms with Crippen LogP contribution >= 0.6 is 0 Å². The van der Waals surface area contributed by atoms with Crippen molar-refractivity contribution in [1.29, 1.82) is 0 Å². The molecule has 0 aromatic rings. The molecule has 0 bridgehead atoms. The molecule has 0 unspecified atom stereocenters. The van der Waals surface area contributed by atoms with Gasteiger partial charge in [-0.05, 0) is 37.2 Å². The minimum absolute atomic E-state index is 0.869. The first-order chi connectivity index (χ1) is 4.33. The van der Waals surface area contributed by atoms with Crippen molar-refractivity contribution < 1.29 is 5.11 Å². The number of hydrogen-bond donors (Lipinski definition) is 1. The molecule has 0 atom stereocenters. The van der Waals surface area contributed by atoms with Crippen LogP contribution < -0.4 is 0 Å². The van der Waals surface area contributed by atoms with Crippen LogP contribution in [0, 0.1) is 5.92 Å². The Kier molecular flexibility index (Phi) is 2.15. The van der Waals surface area contributed by atoms with Gasteiger partial charge in [0, 0.05) is 0 Å². The average molecular weight is 126 g/mol. The predicted molar refractivity (Wildman–Crippen MR) is 38.3 cm³/mol. The zero-order chi connectivity index (χ0) is 6.69. The van der Waals surface area contributed by atoms with E-state index in [9.17, 15) is 0 Å². The summed E-state index contributed by atoms with van der Waals surface area (Å²) >= 11 is 0. The number of aliphatic hydroxyl groups is 1.